The van der Waals surface area contributed by atoms with Crippen LogP contribution >= 0.6 is 0 Å². The van der Waals surface area contributed by atoms with E-state index in [2.05, 4.69) is 10.6 Å². The first-order valence-corrected chi connectivity index (χ1v) is 6.21. The molecular weight excluding hydrogens is 270 g/mol. The lowest BCUT2D eigenvalue weighted by Crippen LogP contribution is -2.19. The first kappa shape index (κ1) is 12.9. The summed E-state index contributed by atoms with van der Waals surface area (Å²) in [6.45, 7) is 0. The number of nitrogens with two attached hydrogens (primary N) is 1. The number of hydrogen-bond acceptors (Lipinski definition) is 4. The number of nitrogens with one attached hydrogen (secondary N) is 2. The van der Waals surface area contributed by atoms with E-state index in [0.717, 1.165) is 0 Å². The van der Waals surface area contributed by atoms with Crippen LogP contribution in [0, 0.1) is 0 Å². The topological polar surface area (TPSA) is 101 Å². The number of hydrogen-bond donors (Lipinski definition) is 3. The van der Waals surface area contributed by atoms with Gasteiger partial charge in [0.2, 0.25) is 0 Å². The minimum absolute atomic E-state index is 0.255. The molecule has 0 spiro atoms. The van der Waals surface area contributed by atoms with Crippen molar-refractivity contribution < 1.29 is 14.4 Å². The van der Waals surface area contributed by atoms with Gasteiger partial charge in [-0.05, 0) is 36.4 Å². The van der Waals surface area contributed by atoms with Gasteiger partial charge in [0.05, 0.1) is 11.1 Å². The highest BCUT2D eigenvalue weighted by Crippen LogP contribution is 2.21. The average molecular weight is 281 g/mol. The van der Waals surface area contributed by atoms with Crippen LogP contribution in [0.3, 0.4) is 0 Å². The van der Waals surface area contributed by atoms with Crippen LogP contribution in [0.15, 0.2) is 42.5 Å². The van der Waals surface area contributed by atoms with Crippen molar-refractivity contribution in [3.05, 3.63) is 59.2 Å². The third-order valence-electron chi connectivity index (χ3n) is 3.14. The molecule has 1 heterocycles. The van der Waals surface area contributed by atoms with Gasteiger partial charge in [-0.25, -0.2) is 0 Å². The zero-order valence-electron chi connectivity index (χ0n) is 10.8. The largest absolute Gasteiger partial charge is 0.399 e. The molecule has 6 nitrogen and oxygen atoms in total. The number of benzene rings is 2. The van der Waals surface area contributed by atoms with Crippen molar-refractivity contribution in [1.82, 2.24) is 5.32 Å². The van der Waals surface area contributed by atoms with Gasteiger partial charge < -0.3 is 11.1 Å². The summed E-state index contributed by atoms with van der Waals surface area (Å²) in [5.41, 5.74) is 7.53. The summed E-state index contributed by atoms with van der Waals surface area (Å²) in [4.78, 5) is 35.1. The van der Waals surface area contributed by atoms with Gasteiger partial charge in [-0.2, -0.15) is 0 Å². The third-order valence-corrected chi connectivity index (χ3v) is 3.14. The van der Waals surface area contributed by atoms with Crippen LogP contribution in [0.5, 0.6) is 0 Å². The Kier molecular flexibility index (Phi) is 2.91. The molecule has 0 fully saturated rings. The molecule has 1 aliphatic rings. The standard InChI is InChI=1S/C15H11N3O3/c16-9-3-1-2-8(6-9)13(19)17-10-4-5-11-12(7-10)15(21)18-14(11)20/h1-7H,16H2,(H,17,19)(H,18,20,21). The van der Waals surface area contributed by atoms with E-state index in [1.54, 1.807) is 30.3 Å². The van der Waals surface area contributed by atoms with Gasteiger partial charge in [0, 0.05) is 16.9 Å². The zero-order chi connectivity index (χ0) is 15.0. The first-order valence-electron chi connectivity index (χ1n) is 6.21. The fraction of sp³-hybridized carbons (Fsp3) is 0. The minimum atomic E-state index is -0.463. The van der Waals surface area contributed by atoms with Gasteiger partial charge in [0.25, 0.3) is 17.7 Å². The summed E-state index contributed by atoms with van der Waals surface area (Å²) in [6.07, 6.45) is 0. The highest BCUT2D eigenvalue weighted by Gasteiger charge is 2.26. The van der Waals surface area contributed by atoms with E-state index in [9.17, 15) is 14.4 Å². The summed E-state index contributed by atoms with van der Waals surface area (Å²) < 4.78 is 0. The molecule has 4 N–H and O–H groups in total. The van der Waals surface area contributed by atoms with Crippen LogP contribution in [0.4, 0.5) is 11.4 Å². The number of anilines is 2. The van der Waals surface area contributed by atoms with Gasteiger partial charge >= 0.3 is 0 Å². The van der Waals surface area contributed by atoms with Crippen LogP contribution in [0.1, 0.15) is 31.1 Å². The number of carbonyl (C=O) groups excluding carboxylic acids is 3. The number of amides is 3. The van der Waals surface area contributed by atoms with E-state index >= 15 is 0 Å². The lowest BCUT2D eigenvalue weighted by Gasteiger charge is -2.06. The molecule has 1 aliphatic heterocycles. The Bertz CT molecular complexity index is 783. The monoisotopic (exact) mass is 281 g/mol. The van der Waals surface area contributed by atoms with Crippen LogP contribution in [0.25, 0.3) is 0 Å². The summed E-state index contributed by atoms with van der Waals surface area (Å²) in [5, 5.41) is 4.86. The fourth-order valence-electron chi connectivity index (χ4n) is 2.13. The van der Waals surface area contributed by atoms with Crippen molar-refractivity contribution >= 4 is 29.1 Å². The first-order chi connectivity index (χ1) is 10.0. The Labute approximate surface area is 120 Å². The normalized spacial score (nSPS) is 12.8. The predicted molar refractivity (Wildman–Crippen MR) is 77.0 cm³/mol. The molecule has 0 unspecified atom stereocenters. The van der Waals surface area contributed by atoms with Crippen LogP contribution in [-0.4, -0.2) is 17.7 Å². The SMILES string of the molecule is Nc1cccc(C(=O)Nc2ccc3c(c2)C(=O)NC3=O)c1. The number of fused-ring (bicyclic) bond motifs is 1. The van der Waals surface area contributed by atoms with Crippen LogP contribution in [0.2, 0.25) is 0 Å². The quantitative estimate of drug-likeness (QED) is 0.572. The van der Waals surface area contributed by atoms with E-state index in [-0.39, 0.29) is 11.5 Å². The summed E-state index contributed by atoms with van der Waals surface area (Å²) in [5.74, 6) is -1.23. The Morgan fingerprint density at radius 3 is 2.52 bits per heavy atom. The molecule has 21 heavy (non-hydrogen) atoms. The molecular formula is C15H11N3O3. The van der Waals surface area contributed by atoms with E-state index in [4.69, 9.17) is 5.73 Å². The van der Waals surface area contributed by atoms with Crippen molar-refractivity contribution in [1.29, 1.82) is 0 Å². The van der Waals surface area contributed by atoms with E-state index in [0.29, 0.717) is 22.5 Å². The summed E-state index contributed by atoms with van der Waals surface area (Å²) in [6, 6.07) is 11.1. The van der Waals surface area contributed by atoms with Gasteiger partial charge in [0.15, 0.2) is 0 Å². The molecule has 0 atom stereocenters. The second kappa shape index (κ2) is 4.75. The van der Waals surface area contributed by atoms with Gasteiger partial charge in [-0.3, -0.25) is 19.7 Å². The van der Waals surface area contributed by atoms with Crippen LogP contribution < -0.4 is 16.4 Å². The Balaban J connectivity index is 1.86. The molecule has 3 rings (SSSR count). The molecule has 0 bridgehead atoms. The summed E-state index contributed by atoms with van der Waals surface area (Å²) in [7, 11) is 0. The van der Waals surface area contributed by atoms with E-state index in [1.165, 1.54) is 12.1 Å². The van der Waals surface area contributed by atoms with Gasteiger partial charge in [-0.1, -0.05) is 6.07 Å². The van der Waals surface area contributed by atoms with Gasteiger partial charge in [0.1, 0.15) is 0 Å². The smallest absolute Gasteiger partial charge is 0.259 e. The summed E-state index contributed by atoms with van der Waals surface area (Å²) >= 11 is 0. The Morgan fingerprint density at radius 2 is 1.76 bits per heavy atom. The molecule has 0 aromatic heterocycles. The predicted octanol–water partition coefficient (Wildman–Crippen LogP) is 1.40. The molecule has 2 aromatic carbocycles. The second-order valence-electron chi connectivity index (χ2n) is 4.62. The molecule has 3 amide bonds. The Hall–Kier alpha value is -3.15. The highest BCUT2D eigenvalue weighted by molar-refractivity contribution is 6.22. The third kappa shape index (κ3) is 2.34. The molecule has 0 saturated heterocycles. The van der Waals surface area contributed by atoms with E-state index in [1.807, 2.05) is 0 Å². The number of rotatable bonds is 2. The lowest BCUT2D eigenvalue weighted by atomic mass is 10.1. The fourth-order valence-corrected chi connectivity index (χ4v) is 2.13. The number of carbonyl (C=O) groups is 3. The molecule has 2 aromatic rings. The maximum atomic E-state index is 12.1. The molecule has 6 heteroatoms. The second-order valence-corrected chi connectivity index (χ2v) is 4.62. The number of nitrogen functional groups attached to an aromatic ring is 1. The maximum absolute atomic E-state index is 12.1. The van der Waals surface area contributed by atoms with Crippen molar-refractivity contribution in [2.24, 2.45) is 0 Å². The van der Waals surface area contributed by atoms with Crippen molar-refractivity contribution in [3.63, 3.8) is 0 Å². The molecule has 0 radical (unpaired) electrons. The Morgan fingerprint density at radius 1 is 1.00 bits per heavy atom. The molecule has 0 aliphatic carbocycles. The van der Waals surface area contributed by atoms with Gasteiger partial charge in [-0.15, -0.1) is 0 Å². The van der Waals surface area contributed by atoms with Crippen molar-refractivity contribution in [2.45, 2.75) is 0 Å². The molecule has 0 saturated carbocycles. The van der Waals surface area contributed by atoms with E-state index < -0.39 is 11.8 Å². The lowest BCUT2D eigenvalue weighted by molar-refractivity contribution is 0.0878. The van der Waals surface area contributed by atoms with Crippen LogP contribution in [-0.2, 0) is 0 Å². The minimum Gasteiger partial charge on any atom is -0.399 e. The van der Waals surface area contributed by atoms with Crippen molar-refractivity contribution in [3.8, 4) is 0 Å². The zero-order valence-corrected chi connectivity index (χ0v) is 10.8. The molecule has 104 valence electrons. The maximum Gasteiger partial charge on any atom is 0.259 e. The van der Waals surface area contributed by atoms with Crippen molar-refractivity contribution in [2.75, 3.05) is 11.1 Å². The average Bonchev–Trinajstić information content (AvgIpc) is 2.74. The number of imide groups is 1. The highest BCUT2D eigenvalue weighted by atomic mass is 16.2.